The number of fused-ring (bicyclic) bond motifs is 1. The fourth-order valence-corrected chi connectivity index (χ4v) is 2.41. The van der Waals surface area contributed by atoms with Crippen molar-refractivity contribution in [2.75, 3.05) is 13.7 Å². The first-order chi connectivity index (χ1) is 11.6. The van der Waals surface area contributed by atoms with Crippen LogP contribution in [0.5, 0.6) is 11.5 Å². The Hall–Kier alpha value is -3.08. The van der Waals surface area contributed by atoms with Gasteiger partial charge >= 0.3 is 5.97 Å². The Kier molecular flexibility index (Phi) is 4.33. The van der Waals surface area contributed by atoms with Gasteiger partial charge in [-0.3, -0.25) is 4.79 Å². The lowest BCUT2D eigenvalue weighted by Gasteiger charge is -2.03. The predicted molar refractivity (Wildman–Crippen MR) is 88.3 cm³/mol. The first-order valence-corrected chi connectivity index (χ1v) is 7.52. The van der Waals surface area contributed by atoms with Gasteiger partial charge in [0.1, 0.15) is 11.5 Å². The van der Waals surface area contributed by atoms with Crippen molar-refractivity contribution in [3.05, 3.63) is 64.9 Å². The number of ketones is 1. The molecule has 0 saturated carbocycles. The van der Waals surface area contributed by atoms with E-state index >= 15 is 0 Å². The van der Waals surface area contributed by atoms with Crippen molar-refractivity contribution in [1.82, 2.24) is 0 Å². The average molecular weight is 324 g/mol. The van der Waals surface area contributed by atoms with Gasteiger partial charge in [-0.25, -0.2) is 4.79 Å². The van der Waals surface area contributed by atoms with E-state index in [1.165, 1.54) is 13.2 Å². The standard InChI is InChI=1S/C19H16O5/c1-3-23-14-7-4-12(5-8-14)10-17-18(20)15-11-13(19(21)22-2)6-9-16(15)24-17/h4-11H,3H2,1-2H3/b17-10-. The van der Waals surface area contributed by atoms with Crippen LogP contribution in [0.25, 0.3) is 6.08 Å². The zero-order valence-electron chi connectivity index (χ0n) is 13.4. The molecular formula is C19H16O5. The Morgan fingerprint density at radius 3 is 2.58 bits per heavy atom. The van der Waals surface area contributed by atoms with Crippen molar-refractivity contribution in [3.63, 3.8) is 0 Å². The van der Waals surface area contributed by atoms with Gasteiger partial charge in [-0.05, 0) is 48.9 Å². The van der Waals surface area contributed by atoms with Gasteiger partial charge in [0.05, 0.1) is 24.8 Å². The molecule has 1 heterocycles. The SMILES string of the molecule is CCOc1ccc(/C=C2\Oc3ccc(C(=O)OC)cc3C2=O)cc1. The minimum Gasteiger partial charge on any atom is -0.494 e. The number of rotatable bonds is 4. The second-order valence-electron chi connectivity index (χ2n) is 5.14. The molecule has 5 heteroatoms. The Morgan fingerprint density at radius 2 is 1.92 bits per heavy atom. The Morgan fingerprint density at radius 1 is 1.17 bits per heavy atom. The first-order valence-electron chi connectivity index (χ1n) is 7.52. The molecule has 0 saturated heterocycles. The lowest BCUT2D eigenvalue weighted by atomic mass is 10.1. The molecule has 0 radical (unpaired) electrons. The molecule has 0 amide bonds. The molecule has 2 aromatic carbocycles. The highest BCUT2D eigenvalue weighted by atomic mass is 16.5. The fraction of sp³-hybridized carbons (Fsp3) is 0.158. The largest absolute Gasteiger partial charge is 0.494 e. The van der Waals surface area contributed by atoms with Crippen LogP contribution in [0.15, 0.2) is 48.2 Å². The van der Waals surface area contributed by atoms with Crippen LogP contribution in [0.3, 0.4) is 0 Å². The van der Waals surface area contributed by atoms with Gasteiger partial charge < -0.3 is 14.2 Å². The van der Waals surface area contributed by atoms with Crippen LogP contribution in [0.1, 0.15) is 33.2 Å². The van der Waals surface area contributed by atoms with Crippen molar-refractivity contribution >= 4 is 17.8 Å². The summed E-state index contributed by atoms with van der Waals surface area (Å²) in [4.78, 5) is 24.0. The minimum atomic E-state index is -0.491. The predicted octanol–water partition coefficient (Wildman–Crippen LogP) is 3.49. The van der Waals surface area contributed by atoms with Gasteiger partial charge in [0.25, 0.3) is 0 Å². The highest BCUT2D eigenvalue weighted by molar-refractivity contribution is 6.15. The molecule has 0 unspecified atom stereocenters. The highest BCUT2D eigenvalue weighted by Crippen LogP contribution is 2.32. The van der Waals surface area contributed by atoms with E-state index in [2.05, 4.69) is 4.74 Å². The van der Waals surface area contributed by atoms with E-state index in [0.29, 0.717) is 23.5 Å². The van der Waals surface area contributed by atoms with Crippen molar-refractivity contribution in [3.8, 4) is 11.5 Å². The smallest absolute Gasteiger partial charge is 0.337 e. The topological polar surface area (TPSA) is 61.8 Å². The molecule has 1 aliphatic heterocycles. The number of hydrogen-bond donors (Lipinski definition) is 0. The number of ether oxygens (including phenoxy) is 3. The lowest BCUT2D eigenvalue weighted by molar-refractivity contribution is 0.0600. The Balaban J connectivity index is 1.86. The number of esters is 1. The van der Waals surface area contributed by atoms with Crippen LogP contribution in [0, 0.1) is 0 Å². The lowest BCUT2D eigenvalue weighted by Crippen LogP contribution is -2.02. The maximum Gasteiger partial charge on any atom is 0.337 e. The third-order valence-electron chi connectivity index (χ3n) is 3.58. The van der Waals surface area contributed by atoms with Gasteiger partial charge in [-0.15, -0.1) is 0 Å². The van der Waals surface area contributed by atoms with Crippen LogP contribution in [0.4, 0.5) is 0 Å². The Labute approximate surface area is 139 Å². The van der Waals surface area contributed by atoms with E-state index in [1.54, 1.807) is 18.2 Å². The summed E-state index contributed by atoms with van der Waals surface area (Å²) in [5.41, 5.74) is 1.49. The van der Waals surface area contributed by atoms with E-state index in [1.807, 2.05) is 31.2 Å². The maximum absolute atomic E-state index is 12.5. The summed E-state index contributed by atoms with van der Waals surface area (Å²) < 4.78 is 15.7. The normalized spacial score (nSPS) is 14.2. The van der Waals surface area contributed by atoms with Gasteiger partial charge in [0, 0.05) is 0 Å². The molecular weight excluding hydrogens is 308 g/mol. The van der Waals surface area contributed by atoms with E-state index < -0.39 is 5.97 Å². The van der Waals surface area contributed by atoms with E-state index in [0.717, 1.165) is 11.3 Å². The maximum atomic E-state index is 12.5. The van der Waals surface area contributed by atoms with Crippen LogP contribution in [0.2, 0.25) is 0 Å². The van der Waals surface area contributed by atoms with Crippen molar-refractivity contribution in [2.45, 2.75) is 6.92 Å². The number of benzene rings is 2. The van der Waals surface area contributed by atoms with Gasteiger partial charge in [-0.2, -0.15) is 0 Å². The molecule has 0 fully saturated rings. The fourth-order valence-electron chi connectivity index (χ4n) is 2.41. The van der Waals surface area contributed by atoms with E-state index in [-0.39, 0.29) is 11.5 Å². The molecule has 24 heavy (non-hydrogen) atoms. The number of carbonyl (C=O) groups is 2. The summed E-state index contributed by atoms with van der Waals surface area (Å²) in [5.74, 6) is 0.671. The molecule has 0 aliphatic carbocycles. The molecule has 0 atom stereocenters. The molecule has 0 aromatic heterocycles. The summed E-state index contributed by atoms with van der Waals surface area (Å²) in [6.45, 7) is 2.51. The monoisotopic (exact) mass is 324 g/mol. The van der Waals surface area contributed by atoms with Crippen molar-refractivity contribution < 1.29 is 23.8 Å². The van der Waals surface area contributed by atoms with Gasteiger partial charge in [0.15, 0.2) is 5.76 Å². The first kappa shape index (κ1) is 15.8. The summed E-state index contributed by atoms with van der Waals surface area (Å²) >= 11 is 0. The molecule has 1 aliphatic rings. The third-order valence-corrected chi connectivity index (χ3v) is 3.58. The van der Waals surface area contributed by atoms with Gasteiger partial charge in [0.2, 0.25) is 5.78 Å². The molecule has 3 rings (SSSR count). The van der Waals surface area contributed by atoms with E-state index in [9.17, 15) is 9.59 Å². The molecule has 0 spiro atoms. The number of methoxy groups -OCH3 is 1. The van der Waals surface area contributed by atoms with E-state index in [4.69, 9.17) is 9.47 Å². The highest BCUT2D eigenvalue weighted by Gasteiger charge is 2.28. The van der Waals surface area contributed by atoms with Crippen LogP contribution < -0.4 is 9.47 Å². The van der Waals surface area contributed by atoms with Crippen molar-refractivity contribution in [1.29, 1.82) is 0 Å². The summed E-state index contributed by atoms with van der Waals surface area (Å²) in [5, 5.41) is 0. The third kappa shape index (κ3) is 3.01. The number of carbonyl (C=O) groups excluding carboxylic acids is 2. The minimum absolute atomic E-state index is 0.219. The Bertz CT molecular complexity index is 818. The van der Waals surface area contributed by atoms with Crippen LogP contribution in [-0.4, -0.2) is 25.5 Å². The zero-order valence-corrected chi connectivity index (χ0v) is 13.4. The van der Waals surface area contributed by atoms with Crippen LogP contribution >= 0.6 is 0 Å². The molecule has 122 valence electrons. The molecule has 5 nitrogen and oxygen atoms in total. The second-order valence-corrected chi connectivity index (χ2v) is 5.14. The van der Waals surface area contributed by atoms with Crippen molar-refractivity contribution in [2.24, 2.45) is 0 Å². The second kappa shape index (κ2) is 6.58. The van der Waals surface area contributed by atoms with Crippen LogP contribution in [-0.2, 0) is 4.74 Å². The number of allylic oxidation sites excluding steroid dienone is 1. The average Bonchev–Trinajstić information content (AvgIpc) is 2.91. The summed E-state index contributed by atoms with van der Waals surface area (Å²) in [6.07, 6.45) is 1.66. The molecule has 0 N–H and O–H groups in total. The molecule has 2 aromatic rings. The number of Topliss-reactive ketones (excluding diaryl/α,β-unsaturated/α-hetero) is 1. The summed E-state index contributed by atoms with van der Waals surface area (Å²) in [6, 6.07) is 12.0. The van der Waals surface area contributed by atoms with Gasteiger partial charge in [-0.1, -0.05) is 12.1 Å². The quantitative estimate of drug-likeness (QED) is 0.636. The molecule has 0 bridgehead atoms. The number of hydrogen-bond acceptors (Lipinski definition) is 5. The summed E-state index contributed by atoms with van der Waals surface area (Å²) in [7, 11) is 1.30. The zero-order chi connectivity index (χ0) is 17.1.